The van der Waals surface area contributed by atoms with Gasteiger partial charge in [0.25, 0.3) is 0 Å². The predicted molar refractivity (Wildman–Crippen MR) is 63.4 cm³/mol. The lowest BCUT2D eigenvalue weighted by atomic mass is 9.92. The van der Waals surface area contributed by atoms with Crippen molar-refractivity contribution in [3.63, 3.8) is 0 Å². The van der Waals surface area contributed by atoms with E-state index >= 15 is 0 Å². The summed E-state index contributed by atoms with van der Waals surface area (Å²) in [5.74, 6) is 0.690. The normalized spacial score (nSPS) is 12.4. The highest BCUT2D eigenvalue weighted by Gasteiger charge is 2.06. The second kappa shape index (κ2) is 5.64. The van der Waals surface area contributed by atoms with Crippen molar-refractivity contribution in [2.75, 3.05) is 0 Å². The molecule has 0 amide bonds. The van der Waals surface area contributed by atoms with Crippen LogP contribution in [0.4, 0.5) is 0 Å². The zero-order valence-electron chi connectivity index (χ0n) is 9.29. The lowest BCUT2D eigenvalue weighted by Crippen LogP contribution is -2.01. The third-order valence-corrected chi connectivity index (χ3v) is 2.81. The number of benzene rings is 1. The lowest BCUT2D eigenvalue weighted by Gasteiger charge is -2.14. The minimum Gasteiger partial charge on any atom is -0.0999 e. The average molecular weight is 188 g/mol. The van der Waals surface area contributed by atoms with Crippen LogP contribution in [-0.4, -0.2) is 0 Å². The Morgan fingerprint density at radius 2 is 1.93 bits per heavy atom. The van der Waals surface area contributed by atoms with Gasteiger partial charge < -0.3 is 0 Å². The van der Waals surface area contributed by atoms with Gasteiger partial charge in [0.05, 0.1) is 0 Å². The predicted octanol–water partition coefficient (Wildman–Crippen LogP) is 4.22. The molecule has 1 unspecified atom stereocenters. The van der Waals surface area contributed by atoms with E-state index in [9.17, 15) is 0 Å². The van der Waals surface area contributed by atoms with Gasteiger partial charge in [0.2, 0.25) is 0 Å². The van der Waals surface area contributed by atoms with Gasteiger partial charge in [-0.05, 0) is 37.7 Å². The molecule has 0 aliphatic carbocycles. The monoisotopic (exact) mass is 188 g/mol. The fourth-order valence-electron chi connectivity index (χ4n) is 1.78. The van der Waals surface area contributed by atoms with Crippen LogP contribution in [0.5, 0.6) is 0 Å². The first-order valence-corrected chi connectivity index (χ1v) is 5.43. The molecule has 0 aliphatic rings. The number of allylic oxidation sites excluding steroid dienone is 1. The van der Waals surface area contributed by atoms with Crippen LogP contribution in [0.3, 0.4) is 0 Å². The Labute approximate surface area is 87.7 Å². The molecule has 0 fully saturated rings. The van der Waals surface area contributed by atoms with Crippen LogP contribution >= 0.6 is 0 Å². The largest absolute Gasteiger partial charge is 0.0999 e. The maximum Gasteiger partial charge on any atom is -0.0208 e. The zero-order valence-corrected chi connectivity index (χ0v) is 9.29. The Morgan fingerprint density at radius 3 is 2.43 bits per heavy atom. The fraction of sp³-hybridized carbons (Fsp3) is 0.429. The number of hydrogen-bond donors (Lipinski definition) is 0. The highest BCUT2D eigenvalue weighted by atomic mass is 14.1. The molecular weight excluding hydrogens is 168 g/mol. The highest BCUT2D eigenvalue weighted by molar-refractivity contribution is 5.15. The van der Waals surface area contributed by atoms with E-state index < -0.39 is 0 Å². The summed E-state index contributed by atoms with van der Waals surface area (Å²) in [7, 11) is 0. The van der Waals surface area contributed by atoms with Gasteiger partial charge in [-0.2, -0.15) is 0 Å². The molecule has 14 heavy (non-hydrogen) atoms. The molecule has 1 atom stereocenters. The lowest BCUT2D eigenvalue weighted by molar-refractivity contribution is 0.544. The summed E-state index contributed by atoms with van der Waals surface area (Å²) in [5, 5.41) is 0. The van der Waals surface area contributed by atoms with Crippen LogP contribution in [0.2, 0.25) is 0 Å². The molecule has 1 aromatic rings. The molecule has 76 valence electrons. The van der Waals surface area contributed by atoms with Crippen molar-refractivity contribution in [1.29, 1.82) is 0 Å². The van der Waals surface area contributed by atoms with E-state index in [1.54, 1.807) is 0 Å². The van der Waals surface area contributed by atoms with E-state index in [4.69, 9.17) is 0 Å². The molecular formula is C14H20. The Hall–Kier alpha value is -1.04. The van der Waals surface area contributed by atoms with Gasteiger partial charge in [-0.3, -0.25) is 0 Å². The summed E-state index contributed by atoms with van der Waals surface area (Å²) in [4.78, 5) is 0. The molecule has 0 aromatic heterocycles. The molecule has 0 nitrogen and oxygen atoms in total. The topological polar surface area (TPSA) is 0 Å². The first-order chi connectivity index (χ1) is 6.74. The Bertz CT molecular complexity index is 271. The van der Waals surface area contributed by atoms with Crippen LogP contribution in [0, 0.1) is 5.92 Å². The number of rotatable bonds is 5. The molecule has 1 rings (SSSR count). The van der Waals surface area contributed by atoms with E-state index in [0.717, 1.165) is 0 Å². The van der Waals surface area contributed by atoms with Gasteiger partial charge in [0.1, 0.15) is 0 Å². The van der Waals surface area contributed by atoms with Crippen LogP contribution in [0.25, 0.3) is 0 Å². The second-order valence-electron chi connectivity index (χ2n) is 3.98. The van der Waals surface area contributed by atoms with Crippen LogP contribution in [0.15, 0.2) is 42.5 Å². The summed E-state index contributed by atoms with van der Waals surface area (Å²) in [6.07, 6.45) is 3.62. The Kier molecular flexibility index (Phi) is 4.45. The van der Waals surface area contributed by atoms with Gasteiger partial charge in [0.15, 0.2) is 0 Å². The SMILES string of the molecule is C=C(C)C(CC)CCc1ccccc1. The highest BCUT2D eigenvalue weighted by Crippen LogP contribution is 2.19. The third kappa shape index (κ3) is 3.37. The van der Waals surface area contributed by atoms with E-state index in [2.05, 4.69) is 50.8 Å². The number of hydrogen-bond acceptors (Lipinski definition) is 0. The van der Waals surface area contributed by atoms with Crippen molar-refractivity contribution in [1.82, 2.24) is 0 Å². The maximum absolute atomic E-state index is 4.04. The van der Waals surface area contributed by atoms with Gasteiger partial charge in [-0.25, -0.2) is 0 Å². The van der Waals surface area contributed by atoms with Crippen molar-refractivity contribution in [2.24, 2.45) is 5.92 Å². The summed E-state index contributed by atoms with van der Waals surface area (Å²) < 4.78 is 0. The first kappa shape index (κ1) is 11.0. The van der Waals surface area contributed by atoms with Crippen molar-refractivity contribution in [3.05, 3.63) is 48.0 Å². The molecule has 0 saturated carbocycles. The van der Waals surface area contributed by atoms with Crippen LogP contribution in [0.1, 0.15) is 32.3 Å². The van der Waals surface area contributed by atoms with Crippen molar-refractivity contribution >= 4 is 0 Å². The van der Waals surface area contributed by atoms with E-state index in [0.29, 0.717) is 5.92 Å². The van der Waals surface area contributed by atoms with Gasteiger partial charge in [-0.1, -0.05) is 49.4 Å². The van der Waals surface area contributed by atoms with Crippen LogP contribution < -0.4 is 0 Å². The van der Waals surface area contributed by atoms with Crippen LogP contribution in [-0.2, 0) is 6.42 Å². The minimum absolute atomic E-state index is 0.690. The molecule has 0 saturated heterocycles. The average Bonchev–Trinajstić information content (AvgIpc) is 2.20. The first-order valence-electron chi connectivity index (χ1n) is 5.43. The summed E-state index contributed by atoms with van der Waals surface area (Å²) >= 11 is 0. The fourth-order valence-corrected chi connectivity index (χ4v) is 1.78. The quantitative estimate of drug-likeness (QED) is 0.607. The molecule has 1 aromatic carbocycles. The molecule has 0 bridgehead atoms. The standard InChI is InChI=1S/C14H20/c1-4-14(12(2)3)11-10-13-8-6-5-7-9-13/h5-9,14H,2,4,10-11H2,1,3H3. The molecule has 0 spiro atoms. The van der Waals surface area contributed by atoms with Gasteiger partial charge >= 0.3 is 0 Å². The van der Waals surface area contributed by atoms with Gasteiger partial charge in [0, 0.05) is 0 Å². The second-order valence-corrected chi connectivity index (χ2v) is 3.98. The van der Waals surface area contributed by atoms with E-state index in [1.165, 1.54) is 30.4 Å². The van der Waals surface area contributed by atoms with E-state index in [1.807, 2.05) is 0 Å². The smallest absolute Gasteiger partial charge is 0.0208 e. The molecule has 0 radical (unpaired) electrons. The Morgan fingerprint density at radius 1 is 1.29 bits per heavy atom. The summed E-state index contributed by atoms with van der Waals surface area (Å²) in [6, 6.07) is 10.7. The van der Waals surface area contributed by atoms with Crippen molar-refractivity contribution in [3.8, 4) is 0 Å². The molecule has 0 N–H and O–H groups in total. The third-order valence-electron chi connectivity index (χ3n) is 2.81. The molecule has 0 heterocycles. The Balaban J connectivity index is 2.44. The molecule has 0 aliphatic heterocycles. The summed E-state index contributed by atoms with van der Waals surface area (Å²) in [6.45, 7) is 8.42. The summed E-state index contributed by atoms with van der Waals surface area (Å²) in [5.41, 5.74) is 2.76. The molecule has 0 heteroatoms. The van der Waals surface area contributed by atoms with Crippen molar-refractivity contribution in [2.45, 2.75) is 33.1 Å². The van der Waals surface area contributed by atoms with Crippen molar-refractivity contribution < 1.29 is 0 Å². The maximum atomic E-state index is 4.04. The zero-order chi connectivity index (χ0) is 10.4. The minimum atomic E-state index is 0.690. The number of aryl methyl sites for hydroxylation is 1. The van der Waals surface area contributed by atoms with Gasteiger partial charge in [-0.15, -0.1) is 0 Å². The van der Waals surface area contributed by atoms with E-state index in [-0.39, 0.29) is 0 Å².